The van der Waals surface area contributed by atoms with Gasteiger partial charge in [0, 0.05) is 0 Å². The minimum atomic E-state index is 1.00. The van der Waals surface area contributed by atoms with Gasteiger partial charge < -0.3 is 10.5 Å². The summed E-state index contributed by atoms with van der Waals surface area (Å²) in [6.45, 7) is 2.00. The Morgan fingerprint density at radius 2 is 1.60 bits per heavy atom. The van der Waals surface area contributed by atoms with E-state index in [-0.39, 0.29) is 0 Å². The summed E-state index contributed by atoms with van der Waals surface area (Å²) >= 11 is 0. The minimum absolute atomic E-state index is 1.00. The molecule has 0 amide bonds. The van der Waals surface area contributed by atoms with Crippen molar-refractivity contribution in [1.29, 1.82) is 0 Å². The van der Waals surface area contributed by atoms with Crippen LogP contribution in [0.4, 0.5) is 0 Å². The molecule has 0 bridgehead atoms. The van der Waals surface area contributed by atoms with Crippen LogP contribution in [0.1, 0.15) is 0 Å². The fourth-order valence-corrected chi connectivity index (χ4v) is 0. The maximum Gasteiger partial charge on any atom is 0.0701 e. The van der Waals surface area contributed by atoms with Crippen molar-refractivity contribution in [2.45, 2.75) is 0 Å². The third kappa shape index (κ3) is 17.1. The van der Waals surface area contributed by atoms with E-state index in [1.165, 1.54) is 7.05 Å². The van der Waals surface area contributed by atoms with Gasteiger partial charge in [0.2, 0.25) is 0 Å². The monoisotopic (exact) mass is 75.1 g/mol. The van der Waals surface area contributed by atoms with Crippen molar-refractivity contribution in [3.05, 3.63) is 0 Å². The van der Waals surface area contributed by atoms with E-state index in [1.807, 2.05) is 0 Å². The van der Waals surface area contributed by atoms with Crippen LogP contribution in [-0.2, 0) is 4.74 Å². The third-order valence-electron chi connectivity index (χ3n) is 0.204. The lowest BCUT2D eigenvalue weighted by Gasteiger charge is -1.24. The first-order chi connectivity index (χ1) is 2.50. The van der Waals surface area contributed by atoms with Crippen LogP contribution in [-0.4, -0.2) is 20.3 Å². The summed E-state index contributed by atoms with van der Waals surface area (Å²) in [7, 11) is 1.50. The number of hydrogen-bond donors (Lipinski definition) is 1. The molecule has 0 aromatic rings. The molecular weight excluding hydrogens is 66.0 g/mol. The summed E-state index contributed by atoms with van der Waals surface area (Å²) in [6.07, 6.45) is 0. The van der Waals surface area contributed by atoms with Crippen molar-refractivity contribution in [1.82, 2.24) is 0 Å². The van der Waals surface area contributed by atoms with Crippen LogP contribution in [0, 0.1) is 0 Å². The van der Waals surface area contributed by atoms with E-state index < -0.39 is 0 Å². The molecule has 1 saturated heterocycles. The van der Waals surface area contributed by atoms with Crippen molar-refractivity contribution < 1.29 is 4.74 Å². The molecule has 1 aliphatic rings. The Morgan fingerprint density at radius 1 is 1.40 bits per heavy atom. The predicted octanol–water partition coefficient (Wildman–Crippen LogP) is -0.408. The fourth-order valence-electron chi connectivity index (χ4n) is 0. The molecule has 1 aliphatic heterocycles. The lowest BCUT2D eigenvalue weighted by molar-refractivity contribution is 0.475. The zero-order valence-corrected chi connectivity index (χ0v) is 3.40. The van der Waals surface area contributed by atoms with E-state index in [2.05, 4.69) is 10.5 Å². The third-order valence-corrected chi connectivity index (χ3v) is 0.204. The van der Waals surface area contributed by atoms with Gasteiger partial charge in [-0.2, -0.15) is 0 Å². The largest absolute Gasteiger partial charge is 0.377 e. The van der Waals surface area contributed by atoms with Gasteiger partial charge in [-0.3, -0.25) is 0 Å². The quantitative estimate of drug-likeness (QED) is 0.397. The Bertz CT molecular complexity index is 11.6. The molecule has 0 radical (unpaired) electrons. The van der Waals surface area contributed by atoms with Gasteiger partial charge in [-0.25, -0.2) is 0 Å². The predicted molar refractivity (Wildman–Crippen MR) is 20.9 cm³/mol. The van der Waals surface area contributed by atoms with Crippen LogP contribution in [0.15, 0.2) is 0 Å². The van der Waals surface area contributed by atoms with E-state index in [9.17, 15) is 0 Å². The molecule has 2 heteroatoms. The lowest BCUT2D eigenvalue weighted by Crippen LogP contribution is -1.69. The molecule has 0 spiro atoms. The molecule has 2 nitrogen and oxygen atoms in total. The lowest BCUT2D eigenvalue weighted by atomic mass is 11.0. The first-order valence-electron chi connectivity index (χ1n) is 1.65. The maximum absolute atomic E-state index is 4.50. The van der Waals surface area contributed by atoms with E-state index >= 15 is 0 Å². The van der Waals surface area contributed by atoms with Crippen LogP contribution >= 0.6 is 0 Å². The normalized spacial score (nSPS) is 15.6. The van der Waals surface area contributed by atoms with Gasteiger partial charge in [0.15, 0.2) is 0 Å². The molecule has 0 unspecified atom stereocenters. The summed E-state index contributed by atoms with van der Waals surface area (Å²) in [5, 5.41) is 0. The van der Waals surface area contributed by atoms with Gasteiger partial charge in [0.25, 0.3) is 0 Å². The average Bonchev–Trinajstić information content (AvgIpc) is 2.19. The Kier molecular flexibility index (Phi) is 3.86. The molecule has 1 rings (SSSR count). The van der Waals surface area contributed by atoms with Gasteiger partial charge in [0.1, 0.15) is 0 Å². The second-order valence-electron chi connectivity index (χ2n) is 0.612. The van der Waals surface area contributed by atoms with Crippen molar-refractivity contribution in [2.75, 3.05) is 20.3 Å². The first-order valence-corrected chi connectivity index (χ1v) is 1.65. The summed E-state index contributed by atoms with van der Waals surface area (Å²) in [5.41, 5.74) is 4.50. The highest BCUT2D eigenvalue weighted by Gasteiger charge is 1.94. The number of epoxide rings is 1. The van der Waals surface area contributed by atoms with Crippen molar-refractivity contribution in [3.63, 3.8) is 0 Å². The Morgan fingerprint density at radius 3 is 1.60 bits per heavy atom. The second-order valence-corrected chi connectivity index (χ2v) is 0.612. The molecule has 0 aliphatic carbocycles. The van der Waals surface area contributed by atoms with Crippen molar-refractivity contribution in [2.24, 2.45) is 5.73 Å². The molecule has 2 N–H and O–H groups in total. The number of rotatable bonds is 0. The summed E-state index contributed by atoms with van der Waals surface area (Å²) in [4.78, 5) is 0. The number of nitrogens with two attached hydrogens (primary N) is 1. The van der Waals surface area contributed by atoms with Crippen molar-refractivity contribution >= 4 is 0 Å². The highest BCUT2D eigenvalue weighted by Crippen LogP contribution is 1.84. The molecule has 0 saturated carbocycles. The fraction of sp³-hybridized carbons (Fsp3) is 1.00. The topological polar surface area (TPSA) is 38.5 Å². The van der Waals surface area contributed by atoms with Crippen molar-refractivity contribution in [3.8, 4) is 0 Å². The average molecular weight is 75.1 g/mol. The van der Waals surface area contributed by atoms with Gasteiger partial charge in [-0.05, 0) is 7.05 Å². The molecule has 5 heavy (non-hydrogen) atoms. The van der Waals surface area contributed by atoms with Crippen LogP contribution in [0.25, 0.3) is 0 Å². The molecule has 1 fully saturated rings. The molecular formula is C3H9NO. The number of hydrogen-bond acceptors (Lipinski definition) is 2. The number of ether oxygens (including phenoxy) is 1. The van der Waals surface area contributed by atoms with Gasteiger partial charge in [0.05, 0.1) is 13.2 Å². The Hall–Kier alpha value is -0.0800. The molecule has 0 aromatic carbocycles. The van der Waals surface area contributed by atoms with Gasteiger partial charge in [-0.15, -0.1) is 0 Å². The molecule has 0 atom stereocenters. The minimum Gasteiger partial charge on any atom is -0.377 e. The Balaban J connectivity index is 0.0000000733. The maximum atomic E-state index is 4.50. The van der Waals surface area contributed by atoms with Crippen LogP contribution in [0.5, 0.6) is 0 Å². The second kappa shape index (κ2) is 3.92. The highest BCUT2D eigenvalue weighted by molar-refractivity contribution is 4.36. The summed E-state index contributed by atoms with van der Waals surface area (Å²) < 4.78 is 4.50. The SMILES string of the molecule is C1CO1.CN. The summed E-state index contributed by atoms with van der Waals surface area (Å²) in [5.74, 6) is 0. The van der Waals surface area contributed by atoms with E-state index in [1.54, 1.807) is 0 Å². The Labute approximate surface area is 31.9 Å². The molecule has 32 valence electrons. The summed E-state index contributed by atoms with van der Waals surface area (Å²) in [6, 6.07) is 0. The standard InChI is InChI=1S/C2H4O.CH5N/c1-2-3-1;1-2/h1-2H2;2H2,1H3. The first kappa shape index (κ1) is 4.92. The van der Waals surface area contributed by atoms with E-state index in [0.717, 1.165) is 13.2 Å². The zero-order chi connectivity index (χ0) is 4.12. The highest BCUT2D eigenvalue weighted by atomic mass is 16.6. The van der Waals surface area contributed by atoms with Gasteiger partial charge >= 0.3 is 0 Å². The van der Waals surface area contributed by atoms with E-state index in [4.69, 9.17) is 0 Å². The molecule has 0 aromatic heterocycles. The molecule has 1 heterocycles. The van der Waals surface area contributed by atoms with Crippen LogP contribution < -0.4 is 5.73 Å². The zero-order valence-electron chi connectivity index (χ0n) is 3.40. The smallest absolute Gasteiger partial charge is 0.0701 e. The van der Waals surface area contributed by atoms with Gasteiger partial charge in [-0.1, -0.05) is 0 Å². The van der Waals surface area contributed by atoms with Crippen LogP contribution in [0.2, 0.25) is 0 Å². The van der Waals surface area contributed by atoms with E-state index in [0.29, 0.717) is 0 Å². The van der Waals surface area contributed by atoms with Crippen LogP contribution in [0.3, 0.4) is 0 Å².